The summed E-state index contributed by atoms with van der Waals surface area (Å²) < 4.78 is 17.3. The highest BCUT2D eigenvalue weighted by molar-refractivity contribution is 5.72. The number of unbranched alkanes of at least 4 members (excludes halogenated alkanes) is 11. The number of carboxylic acids is 1. The number of quaternary nitrogens is 1. The molecule has 346 valence electrons. The standard InChI is InChI=1S/C53H87NO7/c1-6-8-10-12-14-16-18-20-22-24-25-26-27-28-30-32-34-36-38-40-42-44-52(56)61-49(47-59-46-45-50(53(57)58)54(3,4)5)48-60-51(55)43-41-39-37-35-33-31-29-23-21-19-17-15-13-11-9-7-2/h9,11,14-17,20-23,25-26,28,30-31,33,49-50H,6-8,10,12-13,18-19,24,27,29,32,34-48H2,1-5H3/p+1/b11-9+,16-14+,17-15+,22-20+,23-21+,26-25+,30-28+,33-31+. The van der Waals surface area contributed by atoms with E-state index in [1.807, 2.05) is 21.1 Å². The van der Waals surface area contributed by atoms with Crippen molar-refractivity contribution in [1.29, 1.82) is 0 Å². The molecule has 0 heterocycles. The van der Waals surface area contributed by atoms with Gasteiger partial charge in [-0.1, -0.05) is 150 Å². The van der Waals surface area contributed by atoms with E-state index in [9.17, 15) is 19.5 Å². The maximum atomic E-state index is 12.8. The first kappa shape index (κ1) is 57.2. The molecule has 0 bridgehead atoms. The van der Waals surface area contributed by atoms with Gasteiger partial charge in [0.1, 0.15) is 6.61 Å². The summed E-state index contributed by atoms with van der Waals surface area (Å²) >= 11 is 0. The SMILES string of the molecule is CC/C=C/C/C=C/C/C=C/C/C=C/CCCCCC(=O)OCC(COCCC(C(=O)O)[N+](C)(C)C)OC(=O)CCCCCCC/C=C/C/C=C/C/C=C/C/C=C/CCCCC. The van der Waals surface area contributed by atoms with E-state index in [1.165, 1.54) is 25.7 Å². The number of carbonyl (C=O) groups excluding carboxylic acids is 2. The second-order valence-corrected chi connectivity index (χ2v) is 16.6. The van der Waals surface area contributed by atoms with Crippen LogP contribution in [0.1, 0.15) is 168 Å². The zero-order valence-corrected chi connectivity index (χ0v) is 39.3. The summed E-state index contributed by atoms with van der Waals surface area (Å²) in [5, 5.41) is 9.64. The lowest BCUT2D eigenvalue weighted by Crippen LogP contribution is -2.50. The van der Waals surface area contributed by atoms with E-state index in [0.29, 0.717) is 19.3 Å². The number of rotatable bonds is 41. The summed E-state index contributed by atoms with van der Waals surface area (Å²) in [6.07, 6.45) is 57.4. The lowest BCUT2D eigenvalue weighted by Gasteiger charge is -2.31. The van der Waals surface area contributed by atoms with Crippen molar-refractivity contribution in [3.8, 4) is 0 Å². The normalized spacial score (nSPS) is 13.8. The van der Waals surface area contributed by atoms with Crippen LogP contribution in [0.3, 0.4) is 0 Å². The molecule has 0 aromatic carbocycles. The molecule has 61 heavy (non-hydrogen) atoms. The number of hydrogen-bond acceptors (Lipinski definition) is 6. The van der Waals surface area contributed by atoms with Crippen molar-refractivity contribution in [3.63, 3.8) is 0 Å². The highest BCUT2D eigenvalue weighted by atomic mass is 16.6. The molecule has 0 spiro atoms. The molecule has 0 amide bonds. The van der Waals surface area contributed by atoms with Gasteiger partial charge in [-0.05, 0) is 96.3 Å². The Kier molecular flexibility index (Phi) is 40.3. The fourth-order valence-corrected chi connectivity index (χ4v) is 6.30. The monoisotopic (exact) mass is 851 g/mol. The first-order valence-electron chi connectivity index (χ1n) is 23.8. The smallest absolute Gasteiger partial charge is 0.362 e. The largest absolute Gasteiger partial charge is 0.477 e. The van der Waals surface area contributed by atoms with Gasteiger partial charge in [0.25, 0.3) is 0 Å². The van der Waals surface area contributed by atoms with Crippen LogP contribution in [0, 0.1) is 0 Å². The molecule has 0 saturated carbocycles. The zero-order chi connectivity index (χ0) is 44.9. The molecule has 8 nitrogen and oxygen atoms in total. The number of ether oxygens (including phenoxy) is 3. The Morgan fingerprint density at radius 1 is 0.508 bits per heavy atom. The van der Waals surface area contributed by atoms with Crippen LogP contribution in [-0.4, -0.2) is 80.6 Å². The number of likely N-dealkylation sites (N-methyl/N-ethyl adjacent to an activating group) is 1. The molecule has 0 saturated heterocycles. The third-order valence-corrected chi connectivity index (χ3v) is 9.97. The van der Waals surface area contributed by atoms with E-state index < -0.39 is 18.1 Å². The molecule has 0 radical (unpaired) electrons. The van der Waals surface area contributed by atoms with E-state index in [4.69, 9.17) is 14.2 Å². The van der Waals surface area contributed by atoms with Crippen LogP contribution in [0.5, 0.6) is 0 Å². The fraction of sp³-hybridized carbons (Fsp3) is 0.642. The van der Waals surface area contributed by atoms with Gasteiger partial charge in [-0.2, -0.15) is 0 Å². The summed E-state index contributed by atoms with van der Waals surface area (Å²) in [4.78, 5) is 37.1. The van der Waals surface area contributed by atoms with Gasteiger partial charge in [0, 0.05) is 19.3 Å². The molecule has 0 aliphatic rings. The number of aliphatic carboxylic acids is 1. The van der Waals surface area contributed by atoms with Gasteiger partial charge in [-0.3, -0.25) is 9.59 Å². The number of nitrogens with zero attached hydrogens (tertiary/aromatic N) is 1. The first-order valence-corrected chi connectivity index (χ1v) is 23.8. The Morgan fingerprint density at radius 2 is 0.918 bits per heavy atom. The molecule has 2 atom stereocenters. The van der Waals surface area contributed by atoms with Crippen LogP contribution in [-0.2, 0) is 28.6 Å². The molecule has 2 unspecified atom stereocenters. The quantitative estimate of drug-likeness (QED) is 0.0283. The maximum Gasteiger partial charge on any atom is 0.362 e. The summed E-state index contributed by atoms with van der Waals surface area (Å²) in [5.74, 6) is -1.54. The van der Waals surface area contributed by atoms with Crippen LogP contribution in [0.15, 0.2) is 97.2 Å². The molecule has 0 aliphatic carbocycles. The van der Waals surface area contributed by atoms with Crippen LogP contribution in [0.4, 0.5) is 0 Å². The number of hydrogen-bond donors (Lipinski definition) is 1. The highest BCUT2D eigenvalue weighted by Gasteiger charge is 2.31. The lowest BCUT2D eigenvalue weighted by atomic mass is 10.1. The van der Waals surface area contributed by atoms with E-state index in [-0.39, 0.29) is 36.2 Å². The minimum absolute atomic E-state index is 0.0366. The van der Waals surface area contributed by atoms with E-state index in [2.05, 4.69) is 111 Å². The lowest BCUT2D eigenvalue weighted by molar-refractivity contribution is -0.887. The molecule has 1 N–H and O–H groups in total. The molecule has 0 rings (SSSR count). The Bertz CT molecular complexity index is 1310. The topological polar surface area (TPSA) is 99.1 Å². The summed E-state index contributed by atoms with van der Waals surface area (Å²) in [6.45, 7) is 4.52. The molecular weight excluding hydrogens is 763 g/mol. The average Bonchev–Trinajstić information content (AvgIpc) is 3.22. The van der Waals surface area contributed by atoms with Crippen molar-refractivity contribution in [3.05, 3.63) is 97.2 Å². The molecule has 0 aromatic heterocycles. The third kappa shape index (κ3) is 41.4. The summed E-state index contributed by atoms with van der Waals surface area (Å²) in [7, 11) is 5.50. The van der Waals surface area contributed by atoms with Gasteiger partial charge in [0.05, 0.1) is 34.4 Å². The Labute approximate surface area is 373 Å². The average molecular weight is 851 g/mol. The zero-order valence-electron chi connectivity index (χ0n) is 39.3. The summed E-state index contributed by atoms with van der Waals surface area (Å²) in [6, 6.07) is -0.629. The van der Waals surface area contributed by atoms with Crippen molar-refractivity contribution in [2.24, 2.45) is 0 Å². The van der Waals surface area contributed by atoms with Gasteiger partial charge >= 0.3 is 17.9 Å². The van der Waals surface area contributed by atoms with E-state index >= 15 is 0 Å². The van der Waals surface area contributed by atoms with Crippen LogP contribution in [0.2, 0.25) is 0 Å². The van der Waals surface area contributed by atoms with Gasteiger partial charge in [0.15, 0.2) is 12.1 Å². The maximum absolute atomic E-state index is 12.8. The second kappa shape index (κ2) is 42.9. The number of carbonyl (C=O) groups is 3. The molecule has 0 aliphatic heterocycles. The minimum Gasteiger partial charge on any atom is -0.477 e. The molecular formula is C53H88NO7+. The van der Waals surface area contributed by atoms with E-state index in [0.717, 1.165) is 109 Å². The number of esters is 2. The Morgan fingerprint density at radius 3 is 1.38 bits per heavy atom. The highest BCUT2D eigenvalue weighted by Crippen LogP contribution is 2.12. The Hall–Kier alpha value is -3.75. The van der Waals surface area contributed by atoms with Crippen molar-refractivity contribution >= 4 is 17.9 Å². The first-order chi connectivity index (χ1) is 29.6. The molecule has 8 heteroatoms. The van der Waals surface area contributed by atoms with Crippen LogP contribution >= 0.6 is 0 Å². The van der Waals surface area contributed by atoms with E-state index in [1.54, 1.807) is 0 Å². The number of carboxylic acid groups (broad SMARTS) is 1. The predicted octanol–water partition coefficient (Wildman–Crippen LogP) is 13.5. The summed E-state index contributed by atoms with van der Waals surface area (Å²) in [5.41, 5.74) is 0. The van der Waals surface area contributed by atoms with Gasteiger partial charge < -0.3 is 23.8 Å². The van der Waals surface area contributed by atoms with Crippen molar-refractivity contribution < 1.29 is 38.2 Å². The third-order valence-electron chi connectivity index (χ3n) is 9.97. The van der Waals surface area contributed by atoms with Crippen LogP contribution in [0.25, 0.3) is 0 Å². The molecule has 0 fully saturated rings. The van der Waals surface area contributed by atoms with Gasteiger partial charge in [0.2, 0.25) is 0 Å². The molecule has 0 aromatic rings. The van der Waals surface area contributed by atoms with Crippen molar-refractivity contribution in [2.45, 2.75) is 180 Å². The second-order valence-electron chi connectivity index (χ2n) is 16.6. The van der Waals surface area contributed by atoms with Crippen molar-refractivity contribution in [2.75, 3.05) is 41.0 Å². The van der Waals surface area contributed by atoms with Crippen molar-refractivity contribution in [1.82, 2.24) is 0 Å². The number of allylic oxidation sites excluding steroid dienone is 16. The fourth-order valence-electron chi connectivity index (χ4n) is 6.30. The minimum atomic E-state index is -0.887. The van der Waals surface area contributed by atoms with Crippen LogP contribution < -0.4 is 0 Å². The van der Waals surface area contributed by atoms with Gasteiger partial charge in [-0.25, -0.2) is 4.79 Å². The Balaban J connectivity index is 4.41. The van der Waals surface area contributed by atoms with Gasteiger partial charge in [-0.15, -0.1) is 0 Å². The predicted molar refractivity (Wildman–Crippen MR) is 256 cm³/mol.